The predicted molar refractivity (Wildman–Crippen MR) is 111 cm³/mol. The molecule has 3 aromatic rings. The molecule has 1 heterocycles. The summed E-state index contributed by atoms with van der Waals surface area (Å²) in [6, 6.07) is 8.13. The van der Waals surface area contributed by atoms with E-state index in [1.54, 1.807) is 11.3 Å². The molecule has 1 N–H and O–H groups in total. The Morgan fingerprint density at radius 1 is 1.08 bits per heavy atom. The van der Waals surface area contributed by atoms with Gasteiger partial charge in [0.1, 0.15) is 5.75 Å². The van der Waals surface area contributed by atoms with Gasteiger partial charge in [-0.1, -0.05) is 63.3 Å². The Bertz CT molecular complexity index is 954. The summed E-state index contributed by atoms with van der Waals surface area (Å²) in [6.07, 6.45) is 0. The first-order valence-electron chi connectivity index (χ1n) is 8.64. The number of fused-ring (bicyclic) bond motifs is 3. The molecule has 0 fully saturated rings. The maximum atomic E-state index is 10.6. The maximum Gasteiger partial charge on any atom is 0.185 e. The first-order chi connectivity index (χ1) is 11.4. The van der Waals surface area contributed by atoms with Gasteiger partial charge in [-0.2, -0.15) is 0 Å². The van der Waals surface area contributed by atoms with Crippen LogP contribution in [0.3, 0.4) is 0 Å². The lowest BCUT2D eigenvalue weighted by Gasteiger charge is -2.12. The molecule has 3 rings (SSSR count). The van der Waals surface area contributed by atoms with Gasteiger partial charge >= 0.3 is 0 Å². The fourth-order valence-corrected chi connectivity index (χ4v) is 4.22. The number of aromatic nitrogens is 1. The first kappa shape index (κ1) is 19.8. The summed E-state index contributed by atoms with van der Waals surface area (Å²) in [5, 5.41) is 12.7. The second kappa shape index (κ2) is 7.79. The second-order valence-corrected chi connectivity index (χ2v) is 8.30. The van der Waals surface area contributed by atoms with Crippen LogP contribution in [0.5, 0.6) is 5.75 Å². The number of phenols is 1. The number of rotatable bonds is 4. The fraction of sp³-hybridized carbons (Fsp3) is 0.450. The minimum Gasteiger partial charge on any atom is -0.507 e. The second-order valence-electron chi connectivity index (χ2n) is 7.32. The molecule has 0 unspecified atom stereocenters. The average molecular weight is 379 g/mol. The molecule has 0 aliphatic rings. The maximum absolute atomic E-state index is 10.6. The minimum absolute atomic E-state index is 0. The van der Waals surface area contributed by atoms with Gasteiger partial charge in [0.2, 0.25) is 0 Å². The predicted octanol–water partition coefficient (Wildman–Crippen LogP) is 5.50. The molecule has 0 bridgehead atoms. The molecular weight excluding hydrogens is 352 g/mol. The molecule has 0 atom stereocenters. The van der Waals surface area contributed by atoms with Gasteiger partial charge in [-0.3, -0.25) is 4.99 Å². The molecule has 0 saturated heterocycles. The van der Waals surface area contributed by atoms with Crippen molar-refractivity contribution in [1.29, 1.82) is 0 Å². The van der Waals surface area contributed by atoms with E-state index in [2.05, 4.69) is 38.3 Å². The van der Waals surface area contributed by atoms with E-state index in [1.807, 2.05) is 25.1 Å². The average Bonchev–Trinajstić information content (AvgIpc) is 2.88. The lowest BCUT2D eigenvalue weighted by Crippen LogP contribution is -2.19. The molecule has 5 heteroatoms. The Balaban J connectivity index is 0.00000225. The standard InChI is InChI=1S/C20H26N2OS.ClH/c1-12(2)10-21-20-22(11-13(3)4)17-15-8-6-7-9-16(15)18(23)14(5)19(17)24-20;/h6-9,12-13,23H,10-11H2,1-5H3;1H/b21-20-;. The van der Waals surface area contributed by atoms with Crippen LogP contribution < -0.4 is 4.80 Å². The van der Waals surface area contributed by atoms with E-state index < -0.39 is 0 Å². The monoisotopic (exact) mass is 378 g/mol. The number of aryl methyl sites for hydroxylation is 1. The van der Waals surface area contributed by atoms with Crippen LogP contribution in [0.1, 0.15) is 33.3 Å². The first-order valence-corrected chi connectivity index (χ1v) is 9.45. The molecule has 2 aromatic carbocycles. The van der Waals surface area contributed by atoms with Crippen molar-refractivity contribution in [3.8, 4) is 5.75 Å². The van der Waals surface area contributed by atoms with E-state index in [0.717, 1.165) is 38.9 Å². The Labute approximate surface area is 159 Å². The number of nitrogens with zero attached hydrogens (tertiary/aromatic N) is 2. The van der Waals surface area contributed by atoms with Crippen LogP contribution in [-0.2, 0) is 6.54 Å². The van der Waals surface area contributed by atoms with Crippen molar-refractivity contribution in [1.82, 2.24) is 4.57 Å². The molecule has 1 aromatic heterocycles. The third-order valence-corrected chi connectivity index (χ3v) is 5.42. The highest BCUT2D eigenvalue weighted by atomic mass is 35.5. The Morgan fingerprint density at radius 3 is 2.32 bits per heavy atom. The van der Waals surface area contributed by atoms with Crippen LogP contribution in [0.15, 0.2) is 29.3 Å². The third kappa shape index (κ3) is 3.70. The molecule has 0 spiro atoms. The van der Waals surface area contributed by atoms with Crippen LogP contribution in [0.25, 0.3) is 21.0 Å². The molecule has 0 saturated carbocycles. The number of benzene rings is 2. The lowest BCUT2D eigenvalue weighted by molar-refractivity contribution is 0.478. The van der Waals surface area contributed by atoms with E-state index >= 15 is 0 Å². The summed E-state index contributed by atoms with van der Waals surface area (Å²) in [4.78, 5) is 5.93. The van der Waals surface area contributed by atoms with Crippen LogP contribution in [0.2, 0.25) is 0 Å². The van der Waals surface area contributed by atoms with Gasteiger partial charge in [-0.15, -0.1) is 12.4 Å². The molecule has 0 aliphatic carbocycles. The third-order valence-electron chi connectivity index (χ3n) is 4.18. The van der Waals surface area contributed by atoms with Gasteiger partial charge < -0.3 is 9.67 Å². The summed E-state index contributed by atoms with van der Waals surface area (Å²) in [7, 11) is 0. The highest BCUT2D eigenvalue weighted by Crippen LogP contribution is 2.38. The zero-order valence-corrected chi connectivity index (χ0v) is 17.2. The van der Waals surface area contributed by atoms with Gasteiger partial charge in [0.05, 0.1) is 10.2 Å². The largest absolute Gasteiger partial charge is 0.507 e. The summed E-state index contributed by atoms with van der Waals surface area (Å²) < 4.78 is 3.50. The number of hydrogen-bond acceptors (Lipinski definition) is 3. The smallest absolute Gasteiger partial charge is 0.185 e. The molecule has 3 nitrogen and oxygen atoms in total. The highest BCUT2D eigenvalue weighted by Gasteiger charge is 2.17. The summed E-state index contributed by atoms with van der Waals surface area (Å²) in [5.74, 6) is 1.47. The SMILES string of the molecule is Cc1c(O)c2ccccc2c2c1s/c(=N\CC(C)C)n2CC(C)C.Cl. The number of halogens is 1. The summed E-state index contributed by atoms with van der Waals surface area (Å²) in [6.45, 7) is 12.6. The van der Waals surface area contributed by atoms with Gasteiger partial charge in [0, 0.05) is 29.4 Å². The van der Waals surface area contributed by atoms with E-state index in [1.165, 1.54) is 5.52 Å². The quantitative estimate of drug-likeness (QED) is 0.639. The molecule has 0 amide bonds. The molecule has 0 radical (unpaired) electrons. The van der Waals surface area contributed by atoms with Gasteiger partial charge in [0.25, 0.3) is 0 Å². The van der Waals surface area contributed by atoms with E-state index in [0.29, 0.717) is 17.6 Å². The van der Waals surface area contributed by atoms with Crippen LogP contribution in [0, 0.1) is 18.8 Å². The number of phenolic OH excluding ortho intramolecular Hbond substituents is 1. The zero-order valence-electron chi connectivity index (χ0n) is 15.5. The van der Waals surface area contributed by atoms with Gasteiger partial charge in [-0.25, -0.2) is 0 Å². The van der Waals surface area contributed by atoms with Crippen LogP contribution >= 0.6 is 23.7 Å². The zero-order chi connectivity index (χ0) is 17.4. The van der Waals surface area contributed by atoms with E-state index in [9.17, 15) is 5.11 Å². The topological polar surface area (TPSA) is 37.5 Å². The Morgan fingerprint density at radius 2 is 1.72 bits per heavy atom. The van der Waals surface area contributed by atoms with Gasteiger partial charge in [-0.05, 0) is 18.8 Å². The Hall–Kier alpha value is -1.52. The van der Waals surface area contributed by atoms with Crippen molar-refractivity contribution in [2.45, 2.75) is 41.2 Å². The Kier molecular flexibility index (Phi) is 6.17. The van der Waals surface area contributed by atoms with Crippen molar-refractivity contribution in [2.75, 3.05) is 6.54 Å². The van der Waals surface area contributed by atoms with Crippen molar-refractivity contribution in [2.24, 2.45) is 16.8 Å². The molecule has 25 heavy (non-hydrogen) atoms. The minimum atomic E-state index is 0. The van der Waals surface area contributed by atoms with E-state index in [-0.39, 0.29) is 12.4 Å². The summed E-state index contributed by atoms with van der Waals surface area (Å²) >= 11 is 1.70. The number of hydrogen-bond donors (Lipinski definition) is 1. The van der Waals surface area contributed by atoms with E-state index in [4.69, 9.17) is 4.99 Å². The molecule has 136 valence electrons. The molecule has 0 aliphatic heterocycles. The van der Waals surface area contributed by atoms with Crippen molar-refractivity contribution < 1.29 is 5.11 Å². The molecular formula is C20H27ClN2OS. The van der Waals surface area contributed by atoms with Crippen molar-refractivity contribution in [3.05, 3.63) is 34.6 Å². The van der Waals surface area contributed by atoms with Crippen molar-refractivity contribution in [3.63, 3.8) is 0 Å². The normalized spacial score (nSPS) is 12.5. The van der Waals surface area contributed by atoms with Crippen LogP contribution in [-0.4, -0.2) is 16.2 Å². The van der Waals surface area contributed by atoms with Crippen LogP contribution in [0.4, 0.5) is 0 Å². The number of thiazole rings is 1. The van der Waals surface area contributed by atoms with Crippen molar-refractivity contribution >= 4 is 44.7 Å². The van der Waals surface area contributed by atoms with Gasteiger partial charge in [0.15, 0.2) is 4.80 Å². The number of aromatic hydroxyl groups is 1. The summed E-state index contributed by atoms with van der Waals surface area (Å²) in [5.41, 5.74) is 2.17. The fourth-order valence-electron chi connectivity index (χ4n) is 3.05. The highest BCUT2D eigenvalue weighted by molar-refractivity contribution is 7.16. The lowest BCUT2D eigenvalue weighted by atomic mass is 10.0.